The van der Waals surface area contributed by atoms with Gasteiger partial charge in [0.15, 0.2) is 14.4 Å². The molecule has 236 valence electrons. The van der Waals surface area contributed by atoms with Gasteiger partial charge >= 0.3 is 17.8 Å². The number of aromatic nitrogens is 3. The number of carbonyl (C=O) groups is 2. The molecule has 2 aromatic rings. The largest absolute Gasteiger partial charge is 0.459 e. The molecule has 15 heteroatoms. The molecule has 11 nitrogen and oxygen atoms in total. The van der Waals surface area contributed by atoms with E-state index in [1.165, 1.54) is 19.9 Å². The Balaban J connectivity index is 2.40. The summed E-state index contributed by atoms with van der Waals surface area (Å²) < 4.78 is 55.0. The van der Waals surface area contributed by atoms with Gasteiger partial charge in [-0.2, -0.15) is 13.2 Å². The summed E-state index contributed by atoms with van der Waals surface area (Å²) in [5.41, 5.74) is -4.18. The van der Waals surface area contributed by atoms with Gasteiger partial charge in [0, 0.05) is 6.20 Å². The fourth-order valence-electron chi connectivity index (χ4n) is 3.87. The molecule has 2 rings (SSSR count). The topological polar surface area (TPSA) is 141 Å². The molecule has 0 saturated carbocycles. The van der Waals surface area contributed by atoms with E-state index in [0.717, 1.165) is 10.8 Å². The van der Waals surface area contributed by atoms with Crippen LogP contribution in [0.1, 0.15) is 55.4 Å². The van der Waals surface area contributed by atoms with Gasteiger partial charge in [-0.15, -0.1) is 0 Å². The molecule has 0 radical (unpaired) electrons. The van der Waals surface area contributed by atoms with Gasteiger partial charge in [-0.05, 0) is 50.9 Å². The Morgan fingerprint density at radius 2 is 1.57 bits per heavy atom. The average Bonchev–Trinajstić information content (AvgIpc) is 2.78. The van der Waals surface area contributed by atoms with Crippen molar-refractivity contribution in [2.24, 2.45) is 5.92 Å². The fraction of sp³-hybridized carbons (Fsp3) is 0.667. The van der Waals surface area contributed by atoms with Crippen LogP contribution in [0.3, 0.4) is 0 Å². The number of aromatic amines is 1. The van der Waals surface area contributed by atoms with Crippen LogP contribution in [-0.2, 0) is 31.8 Å². The van der Waals surface area contributed by atoms with Crippen LogP contribution in [0.25, 0.3) is 10.9 Å². The van der Waals surface area contributed by atoms with Crippen LogP contribution < -0.4 is 22.1 Å². The standard InChI is InChI=1S/C27H41F3N4O7Si/c1-15(2)19(21(27(28,29)30)41-42(9,10)26(6,7)8)31-17(35)13-33-12-11-16-20(23(33)38)32-24(39)34(22(16)37)14-18(36)40-25(3,4)5/h11-12,15,19,21H,13-14H2,1-10H3,(H,31,35)(H,32,39). The Morgan fingerprint density at radius 3 is 2.05 bits per heavy atom. The number of halogens is 3. The molecular formula is C27H41F3N4O7Si. The second-order valence-electron chi connectivity index (χ2n) is 13.1. The van der Waals surface area contributed by atoms with Crippen molar-refractivity contribution in [3.63, 3.8) is 0 Å². The number of H-pyrrole nitrogens is 1. The molecule has 0 spiro atoms. The maximum atomic E-state index is 14.2. The van der Waals surface area contributed by atoms with Crippen LogP contribution in [0.4, 0.5) is 13.2 Å². The zero-order valence-electron chi connectivity index (χ0n) is 25.7. The first-order chi connectivity index (χ1) is 18.9. The van der Waals surface area contributed by atoms with Crippen molar-refractivity contribution in [2.75, 3.05) is 0 Å². The molecule has 0 aliphatic heterocycles. The van der Waals surface area contributed by atoms with Gasteiger partial charge in [-0.1, -0.05) is 34.6 Å². The maximum Gasteiger partial charge on any atom is 0.415 e. The molecule has 2 N–H and O–H groups in total. The van der Waals surface area contributed by atoms with E-state index in [0.29, 0.717) is 4.57 Å². The number of carbonyl (C=O) groups excluding carboxylic acids is 2. The molecule has 0 aliphatic rings. The van der Waals surface area contributed by atoms with E-state index in [1.807, 2.05) is 0 Å². The molecule has 2 unspecified atom stereocenters. The minimum atomic E-state index is -4.78. The van der Waals surface area contributed by atoms with Crippen molar-refractivity contribution in [1.82, 2.24) is 19.4 Å². The monoisotopic (exact) mass is 618 g/mol. The summed E-state index contributed by atoms with van der Waals surface area (Å²) in [5.74, 6) is -2.42. The molecular weight excluding hydrogens is 577 g/mol. The number of fused-ring (bicyclic) bond motifs is 1. The lowest BCUT2D eigenvalue weighted by Gasteiger charge is -2.42. The van der Waals surface area contributed by atoms with Gasteiger partial charge < -0.3 is 24.0 Å². The third kappa shape index (κ3) is 8.43. The van der Waals surface area contributed by atoms with E-state index in [9.17, 15) is 37.1 Å². The number of nitrogens with zero attached hydrogens (tertiary/aromatic N) is 2. The van der Waals surface area contributed by atoms with Gasteiger partial charge in [0.1, 0.15) is 24.2 Å². The Kier molecular flexibility index (Phi) is 10.2. The lowest BCUT2D eigenvalue weighted by Crippen LogP contribution is -2.59. The summed E-state index contributed by atoms with van der Waals surface area (Å²) >= 11 is 0. The summed E-state index contributed by atoms with van der Waals surface area (Å²) in [6.45, 7) is 15.3. The highest BCUT2D eigenvalue weighted by molar-refractivity contribution is 6.74. The number of nitrogens with one attached hydrogen (secondary N) is 2. The number of pyridine rings is 1. The van der Waals surface area contributed by atoms with Gasteiger partial charge in [-0.3, -0.25) is 19.2 Å². The average molecular weight is 619 g/mol. The van der Waals surface area contributed by atoms with Gasteiger partial charge in [0.05, 0.1) is 11.4 Å². The quantitative estimate of drug-likeness (QED) is 0.325. The van der Waals surface area contributed by atoms with Crippen LogP contribution in [0, 0.1) is 5.92 Å². The number of esters is 1. The number of amides is 1. The first kappa shape index (κ1) is 35.0. The highest BCUT2D eigenvalue weighted by atomic mass is 28.4. The van der Waals surface area contributed by atoms with Crippen LogP contribution in [0.15, 0.2) is 26.6 Å². The summed E-state index contributed by atoms with van der Waals surface area (Å²) in [6, 6.07) is -0.282. The number of alkyl halides is 3. The van der Waals surface area contributed by atoms with Crippen molar-refractivity contribution < 1.29 is 31.9 Å². The van der Waals surface area contributed by atoms with E-state index in [2.05, 4.69) is 10.3 Å². The third-order valence-electron chi connectivity index (χ3n) is 7.06. The molecule has 42 heavy (non-hydrogen) atoms. The Hall–Kier alpha value is -3.20. The first-order valence-electron chi connectivity index (χ1n) is 13.5. The normalized spacial score (nSPS) is 14.6. The summed E-state index contributed by atoms with van der Waals surface area (Å²) in [5, 5.41) is 1.63. The molecule has 0 fully saturated rings. The number of ether oxygens (including phenoxy) is 1. The van der Waals surface area contributed by atoms with E-state index < -0.39 is 90.5 Å². The lowest BCUT2D eigenvalue weighted by molar-refractivity contribution is -0.210. The summed E-state index contributed by atoms with van der Waals surface area (Å²) in [6.07, 6.45) is -5.95. The second kappa shape index (κ2) is 12.2. The number of hydrogen-bond acceptors (Lipinski definition) is 7. The molecule has 2 atom stereocenters. The molecule has 0 aliphatic carbocycles. The second-order valence-corrected chi connectivity index (χ2v) is 17.9. The van der Waals surface area contributed by atoms with E-state index in [4.69, 9.17) is 9.16 Å². The van der Waals surface area contributed by atoms with Gasteiger partial charge in [0.2, 0.25) is 5.91 Å². The van der Waals surface area contributed by atoms with Crippen LogP contribution in [0.5, 0.6) is 0 Å². The minimum Gasteiger partial charge on any atom is -0.459 e. The predicted octanol–water partition coefficient (Wildman–Crippen LogP) is 3.29. The Labute approximate surface area is 242 Å². The van der Waals surface area contributed by atoms with E-state index in [-0.39, 0.29) is 5.39 Å². The number of hydrogen-bond donors (Lipinski definition) is 2. The molecule has 0 saturated heterocycles. The number of rotatable bonds is 9. The van der Waals surface area contributed by atoms with Crippen LogP contribution in [0.2, 0.25) is 18.1 Å². The lowest BCUT2D eigenvalue weighted by atomic mass is 9.98. The molecule has 2 heterocycles. The van der Waals surface area contributed by atoms with Crippen LogP contribution >= 0.6 is 0 Å². The Bertz CT molecular complexity index is 1500. The molecule has 0 aromatic carbocycles. The fourth-order valence-corrected chi connectivity index (χ4v) is 5.14. The molecule has 0 bridgehead atoms. The summed E-state index contributed by atoms with van der Waals surface area (Å²) in [7, 11) is -2.91. The van der Waals surface area contributed by atoms with Crippen molar-refractivity contribution in [3.05, 3.63) is 43.5 Å². The van der Waals surface area contributed by atoms with Gasteiger partial charge in [0.25, 0.3) is 11.1 Å². The van der Waals surface area contributed by atoms with Crippen molar-refractivity contribution in [3.8, 4) is 0 Å². The molecule has 2 aromatic heterocycles. The predicted molar refractivity (Wildman–Crippen MR) is 154 cm³/mol. The van der Waals surface area contributed by atoms with E-state index in [1.54, 1.807) is 54.6 Å². The van der Waals surface area contributed by atoms with Crippen molar-refractivity contribution in [2.45, 2.75) is 111 Å². The highest BCUT2D eigenvalue weighted by Gasteiger charge is 2.52. The van der Waals surface area contributed by atoms with Crippen LogP contribution in [-0.4, -0.2) is 58.2 Å². The zero-order valence-corrected chi connectivity index (χ0v) is 26.7. The highest BCUT2D eigenvalue weighted by Crippen LogP contribution is 2.41. The maximum absolute atomic E-state index is 14.2. The van der Waals surface area contributed by atoms with Crippen molar-refractivity contribution in [1.29, 1.82) is 0 Å². The zero-order chi connectivity index (χ0) is 32.6. The smallest absolute Gasteiger partial charge is 0.415 e. The first-order valence-corrected chi connectivity index (χ1v) is 16.4. The minimum absolute atomic E-state index is 0.222. The SMILES string of the molecule is CC(C)C(NC(=O)Cn1ccc2c(=O)n(CC(=O)OC(C)(C)C)c(=O)[nH]c2c1=O)C(O[Si](C)(C)C(C)(C)C)C(F)(F)F. The van der Waals surface area contributed by atoms with E-state index >= 15 is 0 Å². The summed E-state index contributed by atoms with van der Waals surface area (Å²) in [4.78, 5) is 65.9. The van der Waals surface area contributed by atoms with Gasteiger partial charge in [-0.25, -0.2) is 9.36 Å². The van der Waals surface area contributed by atoms with Crippen molar-refractivity contribution >= 4 is 31.1 Å². The Morgan fingerprint density at radius 1 is 1.00 bits per heavy atom. The third-order valence-corrected chi connectivity index (χ3v) is 11.5. The molecule has 1 amide bonds.